The van der Waals surface area contributed by atoms with Crippen LogP contribution in [0.25, 0.3) is 17.0 Å². The fourth-order valence-electron chi connectivity index (χ4n) is 3.85. The number of rotatable bonds is 7. The average Bonchev–Trinajstić information content (AvgIpc) is 2.71. The van der Waals surface area contributed by atoms with Gasteiger partial charge < -0.3 is 5.11 Å². The van der Waals surface area contributed by atoms with Gasteiger partial charge in [-0.05, 0) is 64.0 Å². The maximum Gasteiger partial charge on any atom is 0.318 e. The Balaban J connectivity index is 1.81. The highest BCUT2D eigenvalue weighted by atomic mass is 35.5. The van der Waals surface area contributed by atoms with Crippen molar-refractivity contribution in [1.82, 2.24) is 19.3 Å². The van der Waals surface area contributed by atoms with Crippen LogP contribution in [0.4, 0.5) is 0 Å². The van der Waals surface area contributed by atoms with Gasteiger partial charge in [0.25, 0.3) is 0 Å². The molecule has 0 bridgehead atoms. The number of hydrogen-bond acceptors (Lipinski definition) is 6. The first-order valence-corrected chi connectivity index (χ1v) is 13.0. The second kappa shape index (κ2) is 10.8. The molecule has 1 aromatic heterocycles. The third-order valence-corrected chi connectivity index (χ3v) is 6.79. The van der Waals surface area contributed by atoms with Crippen molar-refractivity contribution in [3.05, 3.63) is 52.8 Å². The molecule has 1 aliphatic carbocycles. The Hall–Kier alpha value is -1.89. The van der Waals surface area contributed by atoms with E-state index in [1.165, 1.54) is 5.56 Å². The molecular weight excluding hydrogens is 464 g/mol. The monoisotopic (exact) mass is 500 g/mol. The number of nitrogens with zero attached hydrogens (tertiary/aromatic N) is 4. The third-order valence-electron chi connectivity index (χ3n) is 5.42. The Morgan fingerprint density at radius 3 is 2.29 bits per heavy atom. The van der Waals surface area contributed by atoms with Gasteiger partial charge in [0.2, 0.25) is 0 Å². The van der Waals surface area contributed by atoms with Gasteiger partial charge >= 0.3 is 6.01 Å². The average molecular weight is 501 g/mol. The quantitative estimate of drug-likeness (QED) is 0.408. The SMILES string of the molecule is CN(CC1C=C(c2nc(O)nc(-c3ccc(CCC(C)(C)C)cc3)n2)C(Cl)=CC1)SC(C)(C)C. The molecule has 2 aromatic rings. The summed E-state index contributed by atoms with van der Waals surface area (Å²) in [6, 6.07) is 7.92. The van der Waals surface area contributed by atoms with Gasteiger partial charge in [0.05, 0.1) is 0 Å². The number of halogens is 1. The number of allylic oxidation sites excluding steroid dienone is 3. The molecule has 0 saturated carbocycles. The molecule has 1 N–H and O–H groups in total. The van der Waals surface area contributed by atoms with E-state index in [0.717, 1.165) is 36.9 Å². The van der Waals surface area contributed by atoms with Crippen LogP contribution in [0.1, 0.15) is 65.8 Å². The topological polar surface area (TPSA) is 62.1 Å². The molecule has 34 heavy (non-hydrogen) atoms. The molecule has 5 nitrogen and oxygen atoms in total. The van der Waals surface area contributed by atoms with E-state index in [1.807, 2.05) is 30.2 Å². The van der Waals surface area contributed by atoms with Crippen LogP contribution in [0.15, 0.2) is 41.4 Å². The third kappa shape index (κ3) is 8.10. The highest BCUT2D eigenvalue weighted by Gasteiger charge is 2.23. The van der Waals surface area contributed by atoms with E-state index in [1.54, 1.807) is 0 Å². The summed E-state index contributed by atoms with van der Waals surface area (Å²) >= 11 is 8.39. The highest BCUT2D eigenvalue weighted by Crippen LogP contribution is 2.35. The first kappa shape index (κ1) is 26.7. The lowest BCUT2D eigenvalue weighted by molar-refractivity contribution is 0.378. The van der Waals surface area contributed by atoms with Crippen molar-refractivity contribution in [1.29, 1.82) is 0 Å². The number of aromatic nitrogens is 3. The summed E-state index contributed by atoms with van der Waals surface area (Å²) < 4.78 is 2.42. The van der Waals surface area contributed by atoms with Gasteiger partial charge in [-0.25, -0.2) is 4.98 Å². The number of aryl methyl sites for hydroxylation is 1. The van der Waals surface area contributed by atoms with Crippen molar-refractivity contribution in [3.63, 3.8) is 0 Å². The predicted octanol–water partition coefficient (Wildman–Crippen LogP) is 7.13. The zero-order valence-corrected chi connectivity index (χ0v) is 23.0. The molecule has 0 spiro atoms. The van der Waals surface area contributed by atoms with Crippen LogP contribution in [0.5, 0.6) is 6.01 Å². The molecule has 1 unspecified atom stereocenters. The lowest BCUT2D eigenvalue weighted by atomic mass is 9.88. The summed E-state index contributed by atoms with van der Waals surface area (Å²) in [6.45, 7) is 14.3. The predicted molar refractivity (Wildman–Crippen MR) is 145 cm³/mol. The Labute approximate surface area is 213 Å². The molecule has 1 atom stereocenters. The molecule has 1 aliphatic rings. The fourth-order valence-corrected chi connectivity index (χ4v) is 5.28. The van der Waals surface area contributed by atoms with Gasteiger partial charge in [0.15, 0.2) is 11.6 Å². The number of benzene rings is 1. The molecule has 0 radical (unpaired) electrons. The molecule has 0 fully saturated rings. The van der Waals surface area contributed by atoms with Gasteiger partial charge in [-0.15, -0.1) is 0 Å². The van der Waals surface area contributed by atoms with Crippen LogP contribution >= 0.6 is 23.5 Å². The summed E-state index contributed by atoms with van der Waals surface area (Å²) in [4.78, 5) is 13.1. The van der Waals surface area contributed by atoms with Gasteiger partial charge in [0.1, 0.15) is 0 Å². The van der Waals surface area contributed by atoms with Gasteiger partial charge in [-0.2, -0.15) is 9.97 Å². The maximum atomic E-state index is 10.3. The van der Waals surface area contributed by atoms with Crippen LogP contribution in [-0.2, 0) is 6.42 Å². The molecule has 3 rings (SSSR count). The molecule has 0 amide bonds. The Kier molecular flexibility index (Phi) is 8.48. The van der Waals surface area contributed by atoms with Crippen LogP contribution in [-0.4, -0.2) is 42.7 Å². The van der Waals surface area contributed by atoms with Gasteiger partial charge in [-0.3, -0.25) is 4.31 Å². The molecular formula is C27H37ClN4OS. The summed E-state index contributed by atoms with van der Waals surface area (Å²) in [5, 5.41) is 10.9. The first-order valence-electron chi connectivity index (χ1n) is 11.8. The van der Waals surface area contributed by atoms with E-state index in [4.69, 9.17) is 11.6 Å². The van der Waals surface area contributed by atoms with Crippen LogP contribution in [0, 0.1) is 11.3 Å². The highest BCUT2D eigenvalue weighted by molar-refractivity contribution is 7.98. The second-order valence-corrected chi connectivity index (χ2v) is 13.6. The van der Waals surface area contributed by atoms with E-state index < -0.39 is 0 Å². The summed E-state index contributed by atoms with van der Waals surface area (Å²) in [6.07, 6.45) is 7.13. The molecule has 0 aliphatic heterocycles. The van der Waals surface area contributed by atoms with Crippen LogP contribution < -0.4 is 0 Å². The van der Waals surface area contributed by atoms with Crippen molar-refractivity contribution < 1.29 is 5.11 Å². The molecule has 1 heterocycles. The minimum Gasteiger partial charge on any atom is -0.479 e. The van der Waals surface area contributed by atoms with Crippen LogP contribution in [0.2, 0.25) is 0 Å². The smallest absolute Gasteiger partial charge is 0.318 e. The van der Waals surface area contributed by atoms with E-state index >= 15 is 0 Å². The van der Waals surface area contributed by atoms with Crippen molar-refractivity contribution in [2.45, 2.75) is 65.6 Å². The van der Waals surface area contributed by atoms with E-state index in [-0.39, 0.29) is 16.7 Å². The molecule has 1 aromatic carbocycles. The van der Waals surface area contributed by atoms with Crippen molar-refractivity contribution in [3.8, 4) is 17.4 Å². The summed E-state index contributed by atoms with van der Waals surface area (Å²) in [7, 11) is 2.11. The molecule has 0 saturated heterocycles. The Morgan fingerprint density at radius 1 is 1.03 bits per heavy atom. The normalized spacial score (nSPS) is 17.0. The Morgan fingerprint density at radius 2 is 1.68 bits per heavy atom. The van der Waals surface area contributed by atoms with Gasteiger partial charge in [0, 0.05) is 27.5 Å². The zero-order valence-electron chi connectivity index (χ0n) is 21.4. The van der Waals surface area contributed by atoms with E-state index in [2.05, 4.69) is 86.1 Å². The number of hydrogen-bond donors (Lipinski definition) is 1. The lowest BCUT2D eigenvalue weighted by Crippen LogP contribution is -2.25. The summed E-state index contributed by atoms with van der Waals surface area (Å²) in [5.41, 5.74) is 3.16. The zero-order chi connectivity index (χ0) is 25.1. The van der Waals surface area contributed by atoms with Crippen molar-refractivity contribution in [2.24, 2.45) is 11.3 Å². The minimum absolute atomic E-state index is 0.153. The fraction of sp³-hybridized carbons (Fsp3) is 0.519. The first-order chi connectivity index (χ1) is 15.8. The van der Waals surface area contributed by atoms with Crippen LogP contribution in [0.3, 0.4) is 0 Å². The lowest BCUT2D eigenvalue weighted by Gasteiger charge is -2.28. The van der Waals surface area contributed by atoms with E-state index in [9.17, 15) is 5.11 Å². The minimum atomic E-state index is -0.301. The molecule has 7 heteroatoms. The Bertz CT molecular complexity index is 1050. The standard InChI is InChI=1S/C27H37ClN4OS/c1-26(2,3)15-14-18-8-11-20(12-9-18)23-29-24(31-25(33)30-23)21-16-19(10-13-22(21)28)17-32(7)34-27(4,5)6/h8-9,11-13,16,19H,10,14-15,17H2,1-7H3,(H,29,30,31,33). The van der Waals surface area contributed by atoms with E-state index in [0.29, 0.717) is 22.1 Å². The summed E-state index contributed by atoms with van der Waals surface area (Å²) in [5.74, 6) is 1.12. The number of aromatic hydroxyl groups is 1. The van der Waals surface area contributed by atoms with Gasteiger partial charge in [-0.1, -0.05) is 80.7 Å². The maximum absolute atomic E-state index is 10.3. The molecule has 184 valence electrons. The largest absolute Gasteiger partial charge is 0.479 e. The van der Waals surface area contributed by atoms with Crippen molar-refractivity contribution in [2.75, 3.05) is 13.6 Å². The van der Waals surface area contributed by atoms with Crippen molar-refractivity contribution >= 4 is 29.1 Å². The second-order valence-electron chi connectivity index (χ2n) is 11.2.